The molecule has 3 fully saturated rings. The molecule has 0 radical (unpaired) electrons. The van der Waals surface area contributed by atoms with Gasteiger partial charge in [0.15, 0.2) is 0 Å². The van der Waals surface area contributed by atoms with E-state index in [0.717, 1.165) is 79.7 Å². The quantitative estimate of drug-likeness (QED) is 0.553. The van der Waals surface area contributed by atoms with Crippen LogP contribution in [-0.4, -0.2) is 72.7 Å². The molecule has 2 aromatic rings. The van der Waals surface area contributed by atoms with Gasteiger partial charge in [-0.3, -0.25) is 4.90 Å². The number of piperidine rings is 1. The smallest absolute Gasteiger partial charge is 0.321 e. The van der Waals surface area contributed by atoms with E-state index in [1.54, 1.807) is 24.7 Å². The zero-order valence-corrected chi connectivity index (χ0v) is 23.7. The molecule has 4 heterocycles. The number of urea groups is 1. The largest absolute Gasteiger partial charge is 0.480 e. The minimum absolute atomic E-state index is 0.0996. The van der Waals surface area contributed by atoms with Gasteiger partial charge in [-0.05, 0) is 63.5 Å². The summed E-state index contributed by atoms with van der Waals surface area (Å²) < 4.78 is 31.6. The summed E-state index contributed by atoms with van der Waals surface area (Å²) in [5.41, 5.74) is 4.43. The molecule has 4 aliphatic rings. The lowest BCUT2D eigenvalue weighted by Crippen LogP contribution is -2.46. The number of nitrogens with zero attached hydrogens (tertiary/aromatic N) is 5. The maximum Gasteiger partial charge on any atom is 0.321 e. The van der Waals surface area contributed by atoms with Crippen LogP contribution in [0.25, 0.3) is 11.3 Å². The van der Waals surface area contributed by atoms with Crippen LogP contribution >= 0.6 is 0 Å². The van der Waals surface area contributed by atoms with Gasteiger partial charge in [0.1, 0.15) is 6.33 Å². The minimum Gasteiger partial charge on any atom is -0.480 e. The number of ether oxygens (including phenoxy) is 1. The summed E-state index contributed by atoms with van der Waals surface area (Å²) in [4.78, 5) is 29.6. The molecule has 1 spiro atoms. The Labute approximate surface area is 230 Å². The predicted octanol–water partition coefficient (Wildman–Crippen LogP) is 3.83. The highest BCUT2D eigenvalue weighted by Crippen LogP contribution is 2.51. The molecule has 0 bridgehead atoms. The molecule has 0 aromatic carbocycles. The van der Waals surface area contributed by atoms with Crippen LogP contribution in [0.1, 0.15) is 75.6 Å². The van der Waals surface area contributed by atoms with Crippen molar-refractivity contribution in [2.24, 2.45) is 5.92 Å². The van der Waals surface area contributed by atoms with Crippen molar-refractivity contribution in [2.45, 2.75) is 69.6 Å². The first kappa shape index (κ1) is 26.4. The van der Waals surface area contributed by atoms with Crippen molar-refractivity contribution in [3.63, 3.8) is 0 Å². The number of fused-ring (bicyclic) bond motifs is 2. The number of amides is 2. The van der Waals surface area contributed by atoms with Crippen molar-refractivity contribution >= 4 is 21.7 Å². The fourth-order valence-electron chi connectivity index (χ4n) is 6.63. The highest BCUT2D eigenvalue weighted by Gasteiger charge is 2.48. The summed E-state index contributed by atoms with van der Waals surface area (Å²) in [5.74, 6) is 1.37. The van der Waals surface area contributed by atoms with Gasteiger partial charge in [-0.2, -0.15) is 0 Å². The maximum absolute atomic E-state index is 13.5. The van der Waals surface area contributed by atoms with E-state index in [2.05, 4.69) is 15.3 Å². The molecule has 0 unspecified atom stereocenters. The number of aromatic nitrogens is 3. The van der Waals surface area contributed by atoms with E-state index in [-0.39, 0.29) is 23.1 Å². The summed E-state index contributed by atoms with van der Waals surface area (Å²) in [6.07, 6.45) is 9.61. The first-order valence-corrected chi connectivity index (χ1v) is 15.9. The molecule has 11 heteroatoms. The van der Waals surface area contributed by atoms with Gasteiger partial charge in [0.25, 0.3) is 0 Å². The van der Waals surface area contributed by atoms with Gasteiger partial charge in [0.2, 0.25) is 15.9 Å². The summed E-state index contributed by atoms with van der Waals surface area (Å²) in [5, 5.41) is 3.16. The van der Waals surface area contributed by atoms with E-state index in [1.807, 2.05) is 17.0 Å². The number of anilines is 1. The third kappa shape index (κ3) is 4.88. The molecule has 2 aromatic heterocycles. The van der Waals surface area contributed by atoms with Gasteiger partial charge in [0.05, 0.1) is 41.2 Å². The van der Waals surface area contributed by atoms with Gasteiger partial charge < -0.3 is 10.1 Å². The van der Waals surface area contributed by atoms with Gasteiger partial charge in [-0.25, -0.2) is 32.5 Å². The van der Waals surface area contributed by atoms with Crippen LogP contribution in [0.4, 0.5) is 10.5 Å². The molecular formula is C28H38N6O4S. The Morgan fingerprint density at radius 2 is 1.87 bits per heavy atom. The SMILES string of the molecule is CCS(=O)(=O)N1CCC(CNC(=O)N2CC3(CCCC3)c3nc(-c4c(OC)ncnc4C4CC4)ccc32)CC1. The van der Waals surface area contributed by atoms with Crippen molar-refractivity contribution in [1.82, 2.24) is 24.6 Å². The van der Waals surface area contributed by atoms with E-state index in [4.69, 9.17) is 9.72 Å². The first-order valence-electron chi connectivity index (χ1n) is 14.3. The molecule has 39 heavy (non-hydrogen) atoms. The molecule has 1 N–H and O–H groups in total. The number of nitrogens with one attached hydrogen (secondary N) is 1. The van der Waals surface area contributed by atoms with E-state index in [1.165, 1.54) is 0 Å². The number of hydrogen-bond acceptors (Lipinski definition) is 7. The zero-order valence-electron chi connectivity index (χ0n) is 22.9. The topological polar surface area (TPSA) is 118 Å². The van der Waals surface area contributed by atoms with Crippen LogP contribution in [0.2, 0.25) is 0 Å². The fraction of sp³-hybridized carbons (Fsp3) is 0.643. The van der Waals surface area contributed by atoms with Gasteiger partial charge in [0, 0.05) is 37.5 Å². The van der Waals surface area contributed by atoms with Crippen LogP contribution in [0.3, 0.4) is 0 Å². The van der Waals surface area contributed by atoms with Crippen LogP contribution in [0.15, 0.2) is 18.5 Å². The van der Waals surface area contributed by atoms with Crippen molar-refractivity contribution < 1.29 is 17.9 Å². The Bertz CT molecular complexity index is 1350. The van der Waals surface area contributed by atoms with Gasteiger partial charge >= 0.3 is 6.03 Å². The lowest BCUT2D eigenvalue weighted by molar-refractivity contribution is 0.235. The van der Waals surface area contributed by atoms with Gasteiger partial charge in [-0.15, -0.1) is 0 Å². The predicted molar refractivity (Wildman–Crippen MR) is 148 cm³/mol. The van der Waals surface area contributed by atoms with Crippen molar-refractivity contribution in [3.05, 3.63) is 29.8 Å². The Morgan fingerprint density at radius 1 is 1.13 bits per heavy atom. The second kappa shape index (κ2) is 10.3. The van der Waals surface area contributed by atoms with Gasteiger partial charge in [-0.1, -0.05) is 12.8 Å². The van der Waals surface area contributed by atoms with E-state index >= 15 is 0 Å². The van der Waals surface area contributed by atoms with Crippen LogP contribution in [0, 0.1) is 5.92 Å². The summed E-state index contributed by atoms with van der Waals surface area (Å²) in [7, 11) is -1.52. The molecule has 2 aliphatic heterocycles. The molecule has 2 saturated carbocycles. The molecule has 0 atom stereocenters. The number of pyridine rings is 1. The van der Waals surface area contributed by atoms with Crippen molar-refractivity contribution in [2.75, 3.05) is 43.9 Å². The molecule has 10 nitrogen and oxygen atoms in total. The van der Waals surface area contributed by atoms with E-state index in [0.29, 0.717) is 38.0 Å². The second-order valence-corrected chi connectivity index (χ2v) is 13.7. The number of hydrogen-bond donors (Lipinski definition) is 1. The Hall–Kier alpha value is -2.79. The lowest BCUT2D eigenvalue weighted by Gasteiger charge is -2.31. The van der Waals surface area contributed by atoms with Crippen molar-refractivity contribution in [1.29, 1.82) is 0 Å². The fourth-order valence-corrected chi connectivity index (χ4v) is 7.77. The average molecular weight is 555 g/mol. The summed E-state index contributed by atoms with van der Waals surface area (Å²) >= 11 is 0. The zero-order chi connectivity index (χ0) is 27.2. The Balaban J connectivity index is 1.22. The second-order valence-electron chi connectivity index (χ2n) is 11.5. The van der Waals surface area contributed by atoms with E-state index in [9.17, 15) is 13.2 Å². The summed E-state index contributed by atoms with van der Waals surface area (Å²) in [6.45, 7) is 3.91. The lowest BCUT2D eigenvalue weighted by atomic mass is 9.84. The molecule has 2 amide bonds. The number of rotatable bonds is 7. The van der Waals surface area contributed by atoms with Crippen LogP contribution < -0.4 is 15.0 Å². The highest BCUT2D eigenvalue weighted by molar-refractivity contribution is 7.89. The molecule has 2 aliphatic carbocycles. The number of sulfonamides is 1. The molecule has 1 saturated heterocycles. The number of carbonyl (C=O) groups excluding carboxylic acids is 1. The first-order chi connectivity index (χ1) is 18.8. The standard InChI is InChI=1S/C28H38N6O4S/c1-3-39(36,37)33-14-10-19(11-15-33)16-29-27(35)34-17-28(12-4-5-13-28)25-22(34)9-8-21(32-25)23-24(20-6-7-20)30-18-31-26(23)38-2/h8-9,18-20H,3-7,10-17H2,1-2H3,(H,29,35). The third-order valence-electron chi connectivity index (χ3n) is 9.06. The number of methoxy groups -OCH3 is 1. The molecular weight excluding hydrogens is 516 g/mol. The Morgan fingerprint density at radius 3 is 2.54 bits per heavy atom. The average Bonchev–Trinajstić information content (AvgIpc) is 3.63. The third-order valence-corrected chi connectivity index (χ3v) is 10.9. The van der Waals surface area contributed by atoms with Crippen LogP contribution in [0.5, 0.6) is 5.88 Å². The number of carbonyl (C=O) groups is 1. The normalized spacial score (nSPS) is 21.3. The summed E-state index contributed by atoms with van der Waals surface area (Å²) in [6, 6.07) is 3.91. The highest BCUT2D eigenvalue weighted by atomic mass is 32.2. The Kier molecular flexibility index (Phi) is 6.99. The maximum atomic E-state index is 13.5. The minimum atomic E-state index is -3.15. The van der Waals surface area contributed by atoms with Crippen LogP contribution in [-0.2, 0) is 15.4 Å². The van der Waals surface area contributed by atoms with E-state index < -0.39 is 10.0 Å². The molecule has 210 valence electrons. The van der Waals surface area contributed by atoms with Crippen molar-refractivity contribution in [3.8, 4) is 17.1 Å². The monoisotopic (exact) mass is 554 g/mol. The molecule has 6 rings (SSSR count).